The van der Waals surface area contributed by atoms with Gasteiger partial charge in [-0.3, -0.25) is 9.10 Å². The third kappa shape index (κ3) is 5.24. The van der Waals surface area contributed by atoms with Crippen molar-refractivity contribution in [2.45, 2.75) is 18.2 Å². The van der Waals surface area contributed by atoms with Gasteiger partial charge in [0.15, 0.2) is 0 Å². The topological polar surface area (TPSA) is 66.5 Å². The number of hydrogen-bond acceptors (Lipinski definition) is 3. The Balaban J connectivity index is 1.78. The second-order valence-electron chi connectivity index (χ2n) is 7.02. The summed E-state index contributed by atoms with van der Waals surface area (Å²) in [5, 5.41) is 2.94. The Morgan fingerprint density at radius 2 is 1.74 bits per heavy atom. The maximum atomic E-state index is 13.2. The number of nitrogens with one attached hydrogen (secondary N) is 1. The predicted molar refractivity (Wildman–Crippen MR) is 121 cm³/mol. The molecule has 5 nitrogen and oxygen atoms in total. The van der Waals surface area contributed by atoms with E-state index in [4.69, 9.17) is 11.6 Å². The SMILES string of the molecule is Cc1ccccc1CCNC(=O)c1cc(S(=O)(=O)N(C)c2ccc(F)cc2)ccc1Cl. The molecular formula is C23H22ClFN2O3S. The van der Waals surface area contributed by atoms with Gasteiger partial charge in [-0.25, -0.2) is 12.8 Å². The minimum absolute atomic E-state index is 0.0695. The molecule has 162 valence electrons. The van der Waals surface area contributed by atoms with Crippen molar-refractivity contribution in [2.75, 3.05) is 17.9 Å². The summed E-state index contributed by atoms with van der Waals surface area (Å²) in [5.41, 5.74) is 2.61. The van der Waals surface area contributed by atoms with Crippen LogP contribution in [0.25, 0.3) is 0 Å². The first kappa shape index (κ1) is 22.8. The highest BCUT2D eigenvalue weighted by atomic mass is 35.5. The lowest BCUT2D eigenvalue weighted by Gasteiger charge is -2.20. The van der Waals surface area contributed by atoms with Gasteiger partial charge >= 0.3 is 0 Å². The molecule has 0 heterocycles. The zero-order chi connectivity index (χ0) is 22.6. The first-order chi connectivity index (χ1) is 14.7. The number of rotatable bonds is 7. The van der Waals surface area contributed by atoms with Crippen LogP contribution in [0.1, 0.15) is 21.5 Å². The molecule has 3 aromatic carbocycles. The number of benzene rings is 3. The maximum absolute atomic E-state index is 13.2. The summed E-state index contributed by atoms with van der Waals surface area (Å²) < 4.78 is 40.2. The summed E-state index contributed by atoms with van der Waals surface area (Å²) in [4.78, 5) is 12.6. The third-order valence-corrected chi connectivity index (χ3v) is 7.08. The fourth-order valence-electron chi connectivity index (χ4n) is 3.08. The fourth-order valence-corrected chi connectivity index (χ4v) is 4.51. The number of carbonyl (C=O) groups excluding carboxylic acids is 1. The standard InChI is InChI=1S/C23H22ClFN2O3S/c1-16-5-3-4-6-17(16)13-14-26-23(28)21-15-20(11-12-22(21)24)31(29,30)27(2)19-9-7-18(25)8-10-19/h3-12,15H,13-14H2,1-2H3,(H,26,28). The minimum Gasteiger partial charge on any atom is -0.352 e. The maximum Gasteiger partial charge on any atom is 0.264 e. The van der Waals surface area contributed by atoms with Crippen molar-refractivity contribution in [2.24, 2.45) is 0 Å². The lowest BCUT2D eigenvalue weighted by atomic mass is 10.1. The first-order valence-electron chi connectivity index (χ1n) is 9.57. The van der Waals surface area contributed by atoms with Gasteiger partial charge in [0, 0.05) is 13.6 Å². The monoisotopic (exact) mass is 460 g/mol. The van der Waals surface area contributed by atoms with Gasteiger partial charge < -0.3 is 5.32 Å². The highest BCUT2D eigenvalue weighted by molar-refractivity contribution is 7.92. The van der Waals surface area contributed by atoms with E-state index in [0.29, 0.717) is 18.7 Å². The summed E-state index contributed by atoms with van der Waals surface area (Å²) in [6.07, 6.45) is 0.640. The zero-order valence-corrected chi connectivity index (χ0v) is 18.7. The molecule has 0 spiro atoms. The van der Waals surface area contributed by atoms with Crippen molar-refractivity contribution in [3.63, 3.8) is 0 Å². The van der Waals surface area contributed by atoms with Crippen LogP contribution in [0.2, 0.25) is 5.02 Å². The second kappa shape index (κ2) is 9.49. The summed E-state index contributed by atoms with van der Waals surface area (Å²) in [6, 6.07) is 16.9. The van der Waals surface area contributed by atoms with Crippen LogP contribution in [0.15, 0.2) is 71.6 Å². The Morgan fingerprint density at radius 1 is 1.06 bits per heavy atom. The molecule has 0 bridgehead atoms. The molecular weight excluding hydrogens is 439 g/mol. The summed E-state index contributed by atoms with van der Waals surface area (Å²) >= 11 is 6.17. The molecule has 31 heavy (non-hydrogen) atoms. The molecule has 0 saturated carbocycles. The van der Waals surface area contributed by atoms with Crippen LogP contribution in [-0.2, 0) is 16.4 Å². The van der Waals surface area contributed by atoms with E-state index >= 15 is 0 Å². The molecule has 1 amide bonds. The fraction of sp³-hybridized carbons (Fsp3) is 0.174. The highest BCUT2D eigenvalue weighted by Gasteiger charge is 2.24. The number of aryl methyl sites for hydroxylation is 1. The van der Waals surface area contributed by atoms with Crippen LogP contribution in [0, 0.1) is 12.7 Å². The molecule has 0 aliphatic heterocycles. The number of nitrogens with zero attached hydrogens (tertiary/aromatic N) is 1. The average molecular weight is 461 g/mol. The van der Waals surface area contributed by atoms with E-state index in [9.17, 15) is 17.6 Å². The van der Waals surface area contributed by atoms with E-state index in [-0.39, 0.29) is 15.5 Å². The molecule has 0 radical (unpaired) electrons. The van der Waals surface area contributed by atoms with E-state index in [1.165, 1.54) is 49.5 Å². The van der Waals surface area contributed by atoms with Gasteiger partial charge in [0.05, 0.1) is 21.2 Å². The van der Waals surface area contributed by atoms with Gasteiger partial charge in [0.1, 0.15) is 5.82 Å². The molecule has 3 rings (SSSR count). The largest absolute Gasteiger partial charge is 0.352 e. The number of sulfonamides is 1. The average Bonchev–Trinajstić information content (AvgIpc) is 2.75. The predicted octanol–water partition coefficient (Wildman–Crippen LogP) is 4.59. The molecule has 0 saturated heterocycles. The molecule has 3 aromatic rings. The van der Waals surface area contributed by atoms with E-state index in [1.54, 1.807) is 0 Å². The molecule has 0 unspecified atom stereocenters. The molecule has 0 aromatic heterocycles. The van der Waals surface area contributed by atoms with Crippen LogP contribution >= 0.6 is 11.6 Å². The van der Waals surface area contributed by atoms with Crippen molar-refractivity contribution in [3.05, 3.63) is 94.3 Å². The second-order valence-corrected chi connectivity index (χ2v) is 9.40. The van der Waals surface area contributed by atoms with Gasteiger partial charge in [-0.05, 0) is 66.9 Å². The van der Waals surface area contributed by atoms with Crippen LogP contribution in [0.4, 0.5) is 10.1 Å². The minimum atomic E-state index is -3.97. The summed E-state index contributed by atoms with van der Waals surface area (Å²) in [6.45, 7) is 2.38. The van der Waals surface area contributed by atoms with Crippen LogP contribution < -0.4 is 9.62 Å². The Kier molecular flexibility index (Phi) is 6.97. The first-order valence-corrected chi connectivity index (χ1v) is 11.4. The molecule has 0 aliphatic carbocycles. The summed E-state index contributed by atoms with van der Waals surface area (Å²) in [7, 11) is -2.61. The molecule has 0 aliphatic rings. The van der Waals surface area contributed by atoms with Gasteiger partial charge in [0.25, 0.3) is 15.9 Å². The molecule has 0 atom stereocenters. The zero-order valence-electron chi connectivity index (χ0n) is 17.1. The number of hydrogen-bond donors (Lipinski definition) is 1. The highest BCUT2D eigenvalue weighted by Crippen LogP contribution is 2.26. The van der Waals surface area contributed by atoms with Gasteiger partial charge in [0.2, 0.25) is 0 Å². The molecule has 8 heteroatoms. The Labute approximate surface area is 186 Å². The van der Waals surface area contributed by atoms with Gasteiger partial charge in [-0.15, -0.1) is 0 Å². The number of carbonyl (C=O) groups is 1. The Bertz CT molecular complexity index is 1200. The van der Waals surface area contributed by atoms with Crippen molar-refractivity contribution in [1.82, 2.24) is 5.32 Å². The van der Waals surface area contributed by atoms with Crippen LogP contribution in [0.3, 0.4) is 0 Å². The lowest BCUT2D eigenvalue weighted by Crippen LogP contribution is -2.28. The van der Waals surface area contributed by atoms with Crippen LogP contribution in [0.5, 0.6) is 0 Å². The van der Waals surface area contributed by atoms with Gasteiger partial charge in [-0.2, -0.15) is 0 Å². The summed E-state index contributed by atoms with van der Waals surface area (Å²) in [5.74, 6) is -0.925. The lowest BCUT2D eigenvalue weighted by molar-refractivity contribution is 0.0954. The Hall–Kier alpha value is -2.90. The van der Waals surface area contributed by atoms with E-state index in [1.807, 2.05) is 31.2 Å². The quantitative estimate of drug-likeness (QED) is 0.561. The molecule has 0 fully saturated rings. The number of anilines is 1. The number of amides is 1. The van der Waals surface area contributed by atoms with E-state index in [0.717, 1.165) is 15.4 Å². The third-order valence-electron chi connectivity index (χ3n) is 4.97. The normalized spacial score (nSPS) is 11.2. The van der Waals surface area contributed by atoms with Gasteiger partial charge in [-0.1, -0.05) is 35.9 Å². The Morgan fingerprint density at radius 3 is 2.42 bits per heavy atom. The van der Waals surface area contributed by atoms with Crippen molar-refractivity contribution < 1.29 is 17.6 Å². The smallest absolute Gasteiger partial charge is 0.264 e. The van der Waals surface area contributed by atoms with Crippen molar-refractivity contribution in [3.8, 4) is 0 Å². The number of halogens is 2. The van der Waals surface area contributed by atoms with E-state index < -0.39 is 21.7 Å². The van der Waals surface area contributed by atoms with Crippen molar-refractivity contribution in [1.29, 1.82) is 0 Å². The molecule has 1 N–H and O–H groups in total. The van der Waals surface area contributed by atoms with E-state index in [2.05, 4.69) is 5.32 Å². The van der Waals surface area contributed by atoms with Crippen LogP contribution in [-0.4, -0.2) is 27.9 Å². The van der Waals surface area contributed by atoms with Crippen molar-refractivity contribution >= 4 is 33.2 Å².